The highest BCUT2D eigenvalue weighted by molar-refractivity contribution is 9.10. The Hall–Kier alpha value is -0.800. The highest BCUT2D eigenvalue weighted by atomic mass is 79.9. The average molecular weight is 267 g/mol. The predicted molar refractivity (Wildman–Crippen MR) is 68.2 cm³/mol. The van der Waals surface area contributed by atoms with Gasteiger partial charge in [-0.2, -0.15) is 0 Å². The number of aromatic nitrogens is 1. The Morgan fingerprint density at radius 1 is 1.33 bits per heavy atom. The van der Waals surface area contributed by atoms with Crippen LogP contribution in [0.4, 0.5) is 0 Å². The summed E-state index contributed by atoms with van der Waals surface area (Å²) in [7, 11) is 0. The Balaban J connectivity index is 2.70. The summed E-state index contributed by atoms with van der Waals surface area (Å²) in [5, 5.41) is 1.25. The van der Waals surface area contributed by atoms with Gasteiger partial charge < -0.3 is 10.7 Å². The van der Waals surface area contributed by atoms with Crippen molar-refractivity contribution in [1.82, 2.24) is 4.98 Å². The van der Waals surface area contributed by atoms with Gasteiger partial charge >= 0.3 is 0 Å². The molecule has 80 valence electrons. The third kappa shape index (κ3) is 1.70. The lowest BCUT2D eigenvalue weighted by atomic mass is 10.1. The molecule has 3 N–H and O–H groups in total. The minimum Gasteiger partial charge on any atom is -0.357 e. The van der Waals surface area contributed by atoms with Gasteiger partial charge in [0.1, 0.15) is 0 Å². The Kier molecular flexibility index (Phi) is 2.85. The largest absolute Gasteiger partial charge is 0.357 e. The Morgan fingerprint density at radius 2 is 2.07 bits per heavy atom. The molecule has 1 aromatic heterocycles. The van der Waals surface area contributed by atoms with Crippen LogP contribution < -0.4 is 5.73 Å². The molecule has 0 spiro atoms. The molecule has 3 heteroatoms. The van der Waals surface area contributed by atoms with Gasteiger partial charge in [-0.3, -0.25) is 0 Å². The molecule has 0 unspecified atom stereocenters. The van der Waals surface area contributed by atoms with E-state index in [2.05, 4.69) is 46.9 Å². The molecule has 0 saturated heterocycles. The van der Waals surface area contributed by atoms with Crippen LogP contribution in [-0.2, 0) is 6.42 Å². The molecule has 1 heterocycles. The molecule has 2 nitrogen and oxygen atoms in total. The number of nitrogens with one attached hydrogen (secondary N) is 1. The zero-order valence-electron chi connectivity index (χ0n) is 9.02. The van der Waals surface area contributed by atoms with E-state index in [9.17, 15) is 0 Å². The molecule has 0 aliphatic rings. The molecule has 2 aromatic rings. The fourth-order valence-corrected chi connectivity index (χ4v) is 2.47. The normalized spacial score (nSPS) is 11.2. The molecule has 2 rings (SSSR count). The third-order valence-corrected chi connectivity index (χ3v) is 3.81. The minimum atomic E-state index is 0.670. The van der Waals surface area contributed by atoms with E-state index < -0.39 is 0 Å². The first-order valence-corrected chi connectivity index (χ1v) is 5.90. The van der Waals surface area contributed by atoms with Crippen molar-refractivity contribution in [1.29, 1.82) is 0 Å². The number of benzene rings is 1. The van der Waals surface area contributed by atoms with Crippen LogP contribution in [-0.4, -0.2) is 11.5 Å². The van der Waals surface area contributed by atoms with Crippen molar-refractivity contribution < 1.29 is 0 Å². The summed E-state index contributed by atoms with van der Waals surface area (Å²) in [6.45, 7) is 4.95. The highest BCUT2D eigenvalue weighted by Gasteiger charge is 2.10. The van der Waals surface area contributed by atoms with Crippen molar-refractivity contribution in [2.24, 2.45) is 5.73 Å². The van der Waals surface area contributed by atoms with Crippen LogP contribution >= 0.6 is 15.9 Å². The van der Waals surface area contributed by atoms with Gasteiger partial charge in [-0.15, -0.1) is 0 Å². The van der Waals surface area contributed by atoms with E-state index in [-0.39, 0.29) is 0 Å². The van der Waals surface area contributed by atoms with Crippen LogP contribution in [0, 0.1) is 13.8 Å². The number of H-pyrrole nitrogens is 1. The summed E-state index contributed by atoms with van der Waals surface area (Å²) in [4.78, 5) is 3.45. The minimum absolute atomic E-state index is 0.670. The number of nitrogens with two attached hydrogens (primary N) is 1. The van der Waals surface area contributed by atoms with Crippen LogP contribution in [0.3, 0.4) is 0 Å². The van der Waals surface area contributed by atoms with E-state index in [1.54, 1.807) is 0 Å². The Morgan fingerprint density at radius 3 is 2.73 bits per heavy atom. The van der Waals surface area contributed by atoms with Crippen molar-refractivity contribution in [3.05, 3.63) is 33.4 Å². The number of rotatable bonds is 2. The standard InChI is InChI=1S/C12H15BrN2/c1-7-3-4-9-11(13)10(5-6-14)15-12(9)8(7)2/h3-4,15H,5-6,14H2,1-2H3. The maximum atomic E-state index is 5.58. The second-order valence-electron chi connectivity index (χ2n) is 3.89. The number of hydrogen-bond donors (Lipinski definition) is 2. The van der Waals surface area contributed by atoms with Crippen LogP contribution in [0.5, 0.6) is 0 Å². The van der Waals surface area contributed by atoms with E-state index in [4.69, 9.17) is 5.73 Å². The van der Waals surface area contributed by atoms with Crippen molar-refractivity contribution in [2.45, 2.75) is 20.3 Å². The molecule has 0 radical (unpaired) electrons. The summed E-state index contributed by atoms with van der Waals surface area (Å²) in [5.74, 6) is 0. The van der Waals surface area contributed by atoms with Crippen LogP contribution in [0.1, 0.15) is 16.8 Å². The van der Waals surface area contributed by atoms with E-state index in [0.29, 0.717) is 6.54 Å². The SMILES string of the molecule is Cc1ccc2c(Br)c(CCN)[nH]c2c1C. The van der Waals surface area contributed by atoms with Crippen molar-refractivity contribution in [2.75, 3.05) is 6.54 Å². The van der Waals surface area contributed by atoms with E-state index in [1.807, 2.05) is 0 Å². The number of halogens is 1. The first-order valence-electron chi connectivity index (χ1n) is 5.11. The van der Waals surface area contributed by atoms with Gasteiger partial charge in [0, 0.05) is 27.5 Å². The number of fused-ring (bicyclic) bond motifs is 1. The van der Waals surface area contributed by atoms with Crippen molar-refractivity contribution in [3.63, 3.8) is 0 Å². The van der Waals surface area contributed by atoms with E-state index in [1.165, 1.54) is 27.7 Å². The highest BCUT2D eigenvalue weighted by Crippen LogP contribution is 2.31. The number of hydrogen-bond acceptors (Lipinski definition) is 1. The fourth-order valence-electron chi connectivity index (χ4n) is 1.84. The molecule has 0 aliphatic carbocycles. The van der Waals surface area contributed by atoms with Gasteiger partial charge in [0.15, 0.2) is 0 Å². The molecule has 0 amide bonds. The Labute approximate surface area is 98.0 Å². The van der Waals surface area contributed by atoms with Gasteiger partial charge in [0.25, 0.3) is 0 Å². The lowest BCUT2D eigenvalue weighted by molar-refractivity contribution is 0.934. The first kappa shape index (κ1) is 10.7. The first-order chi connectivity index (χ1) is 7.15. The smallest absolute Gasteiger partial charge is 0.0500 e. The average Bonchev–Trinajstić information content (AvgIpc) is 2.52. The molecule has 0 fully saturated rings. The lowest BCUT2D eigenvalue weighted by Gasteiger charge is -2.00. The molecule has 1 aromatic carbocycles. The van der Waals surface area contributed by atoms with Crippen LogP contribution in [0.25, 0.3) is 10.9 Å². The van der Waals surface area contributed by atoms with E-state index in [0.717, 1.165) is 10.9 Å². The van der Waals surface area contributed by atoms with Gasteiger partial charge in [-0.1, -0.05) is 12.1 Å². The predicted octanol–water partition coefficient (Wildman–Crippen LogP) is 3.05. The molecule has 0 atom stereocenters. The quantitative estimate of drug-likeness (QED) is 0.862. The maximum Gasteiger partial charge on any atom is 0.0500 e. The summed E-state index contributed by atoms with van der Waals surface area (Å²) in [6.07, 6.45) is 0.883. The van der Waals surface area contributed by atoms with Gasteiger partial charge in [-0.05, 0) is 47.4 Å². The second-order valence-corrected chi connectivity index (χ2v) is 4.68. The molecule has 15 heavy (non-hydrogen) atoms. The zero-order chi connectivity index (χ0) is 11.0. The van der Waals surface area contributed by atoms with Gasteiger partial charge in [0.2, 0.25) is 0 Å². The van der Waals surface area contributed by atoms with Gasteiger partial charge in [-0.25, -0.2) is 0 Å². The Bertz CT molecular complexity index is 500. The summed E-state index contributed by atoms with van der Waals surface area (Å²) in [5.41, 5.74) is 10.6. The summed E-state index contributed by atoms with van der Waals surface area (Å²) >= 11 is 3.62. The molecule has 0 aliphatic heterocycles. The van der Waals surface area contributed by atoms with Crippen molar-refractivity contribution in [3.8, 4) is 0 Å². The topological polar surface area (TPSA) is 41.8 Å². The van der Waals surface area contributed by atoms with Gasteiger partial charge in [0.05, 0.1) is 0 Å². The number of aryl methyl sites for hydroxylation is 2. The molecule has 0 saturated carbocycles. The lowest BCUT2D eigenvalue weighted by Crippen LogP contribution is -2.03. The fraction of sp³-hybridized carbons (Fsp3) is 0.333. The molecular formula is C12H15BrN2. The second kappa shape index (κ2) is 3.99. The van der Waals surface area contributed by atoms with Crippen LogP contribution in [0.15, 0.2) is 16.6 Å². The van der Waals surface area contributed by atoms with E-state index >= 15 is 0 Å². The summed E-state index contributed by atoms with van der Waals surface area (Å²) in [6, 6.07) is 4.31. The van der Waals surface area contributed by atoms with Crippen molar-refractivity contribution >= 4 is 26.8 Å². The number of aromatic amines is 1. The summed E-state index contributed by atoms with van der Waals surface area (Å²) < 4.78 is 1.16. The molecular weight excluding hydrogens is 252 g/mol. The molecule has 0 bridgehead atoms. The third-order valence-electron chi connectivity index (χ3n) is 2.91. The maximum absolute atomic E-state index is 5.58. The van der Waals surface area contributed by atoms with Crippen LogP contribution in [0.2, 0.25) is 0 Å². The monoisotopic (exact) mass is 266 g/mol. The zero-order valence-corrected chi connectivity index (χ0v) is 10.6.